The molecule has 0 aliphatic carbocycles. The van der Waals surface area contributed by atoms with E-state index in [4.69, 9.17) is 14.2 Å². The SMILES string of the molecule is CC(C)NCCCCOc1ccc2c(c1)OCO2. The van der Waals surface area contributed by atoms with Crippen LogP contribution < -0.4 is 19.5 Å². The Hall–Kier alpha value is -1.42. The summed E-state index contributed by atoms with van der Waals surface area (Å²) in [5.41, 5.74) is 0. The second-order valence-electron chi connectivity index (χ2n) is 4.68. The van der Waals surface area contributed by atoms with E-state index in [2.05, 4.69) is 19.2 Å². The number of nitrogens with one attached hydrogen (secondary N) is 1. The first-order valence-corrected chi connectivity index (χ1v) is 6.51. The molecule has 0 spiro atoms. The molecule has 0 fully saturated rings. The summed E-state index contributed by atoms with van der Waals surface area (Å²) in [5.74, 6) is 2.41. The van der Waals surface area contributed by atoms with E-state index in [0.29, 0.717) is 12.8 Å². The number of hydrogen-bond donors (Lipinski definition) is 1. The molecule has 0 unspecified atom stereocenters. The number of benzene rings is 1. The Labute approximate surface area is 108 Å². The summed E-state index contributed by atoms with van der Waals surface area (Å²) in [6, 6.07) is 6.24. The van der Waals surface area contributed by atoms with Crippen LogP contribution in [0.2, 0.25) is 0 Å². The third-order valence-corrected chi connectivity index (χ3v) is 2.74. The van der Waals surface area contributed by atoms with Gasteiger partial charge in [0, 0.05) is 12.1 Å². The van der Waals surface area contributed by atoms with Gasteiger partial charge in [-0.15, -0.1) is 0 Å². The van der Waals surface area contributed by atoms with Gasteiger partial charge in [0.05, 0.1) is 6.61 Å². The Kier molecular flexibility index (Phi) is 4.70. The second kappa shape index (κ2) is 6.50. The molecule has 1 heterocycles. The molecule has 4 nitrogen and oxygen atoms in total. The van der Waals surface area contributed by atoms with Crippen molar-refractivity contribution in [1.82, 2.24) is 5.32 Å². The Balaban J connectivity index is 1.65. The first-order chi connectivity index (χ1) is 8.75. The molecule has 0 saturated heterocycles. The van der Waals surface area contributed by atoms with Crippen molar-refractivity contribution in [3.8, 4) is 17.2 Å². The average molecular weight is 251 g/mol. The third kappa shape index (κ3) is 3.81. The van der Waals surface area contributed by atoms with Gasteiger partial charge in [0.25, 0.3) is 0 Å². The summed E-state index contributed by atoms with van der Waals surface area (Å²) in [5, 5.41) is 3.39. The van der Waals surface area contributed by atoms with Crippen LogP contribution in [-0.2, 0) is 0 Å². The summed E-state index contributed by atoms with van der Waals surface area (Å²) in [6.45, 7) is 6.40. The van der Waals surface area contributed by atoms with Gasteiger partial charge < -0.3 is 19.5 Å². The van der Waals surface area contributed by atoms with E-state index < -0.39 is 0 Å². The Morgan fingerprint density at radius 1 is 1.22 bits per heavy atom. The zero-order valence-electron chi connectivity index (χ0n) is 11.1. The topological polar surface area (TPSA) is 39.7 Å². The maximum atomic E-state index is 5.67. The van der Waals surface area contributed by atoms with E-state index in [1.807, 2.05) is 18.2 Å². The summed E-state index contributed by atoms with van der Waals surface area (Å²) in [6.07, 6.45) is 2.18. The first-order valence-electron chi connectivity index (χ1n) is 6.51. The molecule has 0 bridgehead atoms. The van der Waals surface area contributed by atoms with Gasteiger partial charge in [0.1, 0.15) is 5.75 Å². The third-order valence-electron chi connectivity index (χ3n) is 2.74. The van der Waals surface area contributed by atoms with E-state index in [-0.39, 0.29) is 0 Å². The van der Waals surface area contributed by atoms with Gasteiger partial charge in [0.2, 0.25) is 6.79 Å². The van der Waals surface area contributed by atoms with Crippen LogP contribution in [-0.4, -0.2) is 26.0 Å². The molecule has 0 aromatic heterocycles. The van der Waals surface area contributed by atoms with Crippen molar-refractivity contribution in [2.45, 2.75) is 32.7 Å². The van der Waals surface area contributed by atoms with Crippen LogP contribution in [0.5, 0.6) is 17.2 Å². The van der Waals surface area contributed by atoms with Gasteiger partial charge >= 0.3 is 0 Å². The average Bonchev–Trinajstić information content (AvgIpc) is 2.80. The lowest BCUT2D eigenvalue weighted by Gasteiger charge is -2.09. The molecule has 1 N–H and O–H groups in total. The molecule has 1 aliphatic heterocycles. The normalized spacial score (nSPS) is 13.1. The number of unbranched alkanes of at least 4 members (excludes halogenated alkanes) is 1. The van der Waals surface area contributed by atoms with E-state index in [0.717, 1.165) is 43.2 Å². The van der Waals surface area contributed by atoms with Crippen LogP contribution >= 0.6 is 0 Å². The van der Waals surface area contributed by atoms with Crippen molar-refractivity contribution >= 4 is 0 Å². The maximum absolute atomic E-state index is 5.67. The van der Waals surface area contributed by atoms with Crippen molar-refractivity contribution in [2.24, 2.45) is 0 Å². The van der Waals surface area contributed by atoms with Crippen molar-refractivity contribution in [2.75, 3.05) is 19.9 Å². The van der Waals surface area contributed by atoms with Gasteiger partial charge in [-0.2, -0.15) is 0 Å². The lowest BCUT2D eigenvalue weighted by atomic mass is 10.3. The summed E-state index contributed by atoms with van der Waals surface area (Å²) < 4.78 is 16.2. The van der Waals surface area contributed by atoms with Gasteiger partial charge in [-0.3, -0.25) is 0 Å². The largest absolute Gasteiger partial charge is 0.493 e. The fourth-order valence-corrected chi connectivity index (χ4v) is 1.77. The molecular formula is C14H21NO3. The molecule has 0 amide bonds. The van der Waals surface area contributed by atoms with Gasteiger partial charge in [-0.05, 0) is 31.5 Å². The van der Waals surface area contributed by atoms with E-state index >= 15 is 0 Å². The molecule has 4 heteroatoms. The molecule has 0 radical (unpaired) electrons. The highest BCUT2D eigenvalue weighted by molar-refractivity contribution is 5.46. The standard InChI is InChI=1S/C14H21NO3/c1-11(2)15-7-3-4-8-16-12-5-6-13-14(9-12)18-10-17-13/h5-6,9,11,15H,3-4,7-8,10H2,1-2H3. The van der Waals surface area contributed by atoms with Crippen molar-refractivity contribution in [1.29, 1.82) is 0 Å². The minimum Gasteiger partial charge on any atom is -0.493 e. The minimum atomic E-state index is 0.305. The zero-order chi connectivity index (χ0) is 12.8. The molecule has 1 aromatic rings. The highest BCUT2D eigenvalue weighted by atomic mass is 16.7. The first kappa shape index (κ1) is 13.0. The van der Waals surface area contributed by atoms with Crippen LogP contribution in [0.4, 0.5) is 0 Å². The Morgan fingerprint density at radius 3 is 2.89 bits per heavy atom. The molecule has 1 aromatic carbocycles. The second-order valence-corrected chi connectivity index (χ2v) is 4.68. The summed E-state index contributed by atoms with van der Waals surface area (Å²) >= 11 is 0. The van der Waals surface area contributed by atoms with Crippen molar-refractivity contribution < 1.29 is 14.2 Å². The lowest BCUT2D eigenvalue weighted by molar-refractivity contribution is 0.173. The van der Waals surface area contributed by atoms with Crippen LogP contribution in [0.15, 0.2) is 18.2 Å². The summed E-state index contributed by atoms with van der Waals surface area (Å²) in [4.78, 5) is 0. The Bertz CT molecular complexity index is 379. The summed E-state index contributed by atoms with van der Waals surface area (Å²) in [7, 11) is 0. The number of fused-ring (bicyclic) bond motifs is 1. The molecule has 18 heavy (non-hydrogen) atoms. The van der Waals surface area contributed by atoms with E-state index in [1.54, 1.807) is 0 Å². The molecule has 2 rings (SSSR count). The highest BCUT2D eigenvalue weighted by Crippen LogP contribution is 2.35. The van der Waals surface area contributed by atoms with Gasteiger partial charge in [-0.25, -0.2) is 0 Å². The maximum Gasteiger partial charge on any atom is 0.231 e. The molecule has 0 saturated carbocycles. The highest BCUT2D eigenvalue weighted by Gasteiger charge is 2.13. The van der Waals surface area contributed by atoms with E-state index in [1.165, 1.54) is 0 Å². The molecular weight excluding hydrogens is 230 g/mol. The van der Waals surface area contributed by atoms with Crippen LogP contribution in [0.25, 0.3) is 0 Å². The van der Waals surface area contributed by atoms with Crippen LogP contribution in [0.1, 0.15) is 26.7 Å². The minimum absolute atomic E-state index is 0.305. The van der Waals surface area contributed by atoms with Gasteiger partial charge in [-0.1, -0.05) is 13.8 Å². The fraction of sp³-hybridized carbons (Fsp3) is 0.571. The number of hydrogen-bond acceptors (Lipinski definition) is 4. The van der Waals surface area contributed by atoms with Crippen LogP contribution in [0, 0.1) is 0 Å². The van der Waals surface area contributed by atoms with Gasteiger partial charge in [0.15, 0.2) is 11.5 Å². The number of ether oxygens (including phenoxy) is 3. The molecule has 100 valence electrons. The predicted octanol–water partition coefficient (Wildman–Crippen LogP) is 2.57. The molecule has 1 aliphatic rings. The van der Waals surface area contributed by atoms with Crippen LogP contribution in [0.3, 0.4) is 0 Å². The number of rotatable bonds is 7. The van der Waals surface area contributed by atoms with Crippen molar-refractivity contribution in [3.05, 3.63) is 18.2 Å². The van der Waals surface area contributed by atoms with Crippen molar-refractivity contribution in [3.63, 3.8) is 0 Å². The van der Waals surface area contributed by atoms with E-state index in [9.17, 15) is 0 Å². The lowest BCUT2D eigenvalue weighted by Crippen LogP contribution is -2.23. The fourth-order valence-electron chi connectivity index (χ4n) is 1.77. The predicted molar refractivity (Wildman–Crippen MR) is 70.4 cm³/mol. The molecule has 0 atom stereocenters. The smallest absolute Gasteiger partial charge is 0.231 e. The zero-order valence-corrected chi connectivity index (χ0v) is 11.1. The quantitative estimate of drug-likeness (QED) is 0.756. The monoisotopic (exact) mass is 251 g/mol. The Morgan fingerprint density at radius 2 is 2.06 bits per heavy atom.